The Morgan fingerprint density at radius 3 is 2.40 bits per heavy atom. The summed E-state index contributed by atoms with van der Waals surface area (Å²) in [6.07, 6.45) is 1.80. The van der Waals surface area contributed by atoms with Gasteiger partial charge in [-0.05, 0) is 44.0 Å². The summed E-state index contributed by atoms with van der Waals surface area (Å²) in [5, 5.41) is 8.99. The van der Waals surface area contributed by atoms with Crippen LogP contribution in [0.3, 0.4) is 0 Å². The Labute approximate surface area is 90.8 Å². The summed E-state index contributed by atoms with van der Waals surface area (Å²) >= 11 is 0. The maximum Gasteiger partial charge on any atom is 0.127 e. The van der Waals surface area contributed by atoms with Gasteiger partial charge < -0.3 is 4.74 Å². The van der Waals surface area contributed by atoms with Gasteiger partial charge in [0.25, 0.3) is 0 Å². The molecule has 78 valence electrons. The highest BCUT2D eigenvalue weighted by Gasteiger charge is 2.09. The van der Waals surface area contributed by atoms with Crippen LogP contribution < -0.4 is 4.74 Å². The maximum atomic E-state index is 8.99. The van der Waals surface area contributed by atoms with E-state index in [0.29, 0.717) is 5.57 Å². The summed E-state index contributed by atoms with van der Waals surface area (Å²) < 4.78 is 5.27. The summed E-state index contributed by atoms with van der Waals surface area (Å²) in [6, 6.07) is 6.13. The first-order valence-electron chi connectivity index (χ1n) is 4.86. The zero-order valence-electron chi connectivity index (χ0n) is 9.59. The molecule has 0 atom stereocenters. The van der Waals surface area contributed by atoms with E-state index in [0.717, 1.165) is 11.3 Å². The van der Waals surface area contributed by atoms with Crippen LogP contribution in [0.5, 0.6) is 5.75 Å². The molecule has 0 radical (unpaired) electrons. The van der Waals surface area contributed by atoms with E-state index in [9.17, 15) is 0 Å². The lowest BCUT2D eigenvalue weighted by atomic mass is 10.00. The molecule has 0 saturated carbocycles. The second-order valence-corrected chi connectivity index (χ2v) is 3.45. The van der Waals surface area contributed by atoms with Crippen molar-refractivity contribution in [2.24, 2.45) is 0 Å². The van der Waals surface area contributed by atoms with E-state index in [1.54, 1.807) is 13.2 Å². The van der Waals surface area contributed by atoms with Gasteiger partial charge in [-0.1, -0.05) is 6.08 Å². The van der Waals surface area contributed by atoms with Gasteiger partial charge in [0.15, 0.2) is 0 Å². The number of hydrogen-bond donors (Lipinski definition) is 0. The normalized spacial score (nSPS) is 11.0. The summed E-state index contributed by atoms with van der Waals surface area (Å²) in [5.41, 5.74) is 3.85. The molecule has 0 saturated heterocycles. The molecule has 0 amide bonds. The Kier molecular flexibility index (Phi) is 3.51. The third-order valence-corrected chi connectivity index (χ3v) is 2.52. The minimum atomic E-state index is 0.648. The van der Waals surface area contributed by atoms with Crippen molar-refractivity contribution in [3.63, 3.8) is 0 Å². The summed E-state index contributed by atoms with van der Waals surface area (Å²) in [5.74, 6) is 0.757. The Hall–Kier alpha value is -1.75. The van der Waals surface area contributed by atoms with Gasteiger partial charge in [0.2, 0.25) is 0 Å². The topological polar surface area (TPSA) is 33.0 Å². The highest BCUT2D eigenvalue weighted by molar-refractivity contribution is 5.80. The fourth-order valence-corrected chi connectivity index (χ4v) is 1.45. The standard InChI is InChI=1S/C13H15NO/c1-5-11(8-14)12-6-9(2)10(3)7-13(12)15-4/h5-7H,1-4H3/b11-5+. The van der Waals surface area contributed by atoms with Crippen LogP contribution in [-0.4, -0.2) is 7.11 Å². The predicted octanol–water partition coefficient (Wildman–Crippen LogP) is 3.24. The molecule has 0 N–H and O–H groups in total. The minimum absolute atomic E-state index is 0.648. The smallest absolute Gasteiger partial charge is 0.127 e. The van der Waals surface area contributed by atoms with Crippen molar-refractivity contribution in [1.82, 2.24) is 0 Å². The highest BCUT2D eigenvalue weighted by Crippen LogP contribution is 2.28. The van der Waals surface area contributed by atoms with Gasteiger partial charge in [0.1, 0.15) is 5.75 Å². The molecular formula is C13H15NO. The SMILES string of the molecule is C/C=C(\C#N)c1cc(C)c(C)cc1OC. The van der Waals surface area contributed by atoms with E-state index in [1.165, 1.54) is 11.1 Å². The van der Waals surface area contributed by atoms with Gasteiger partial charge in [0, 0.05) is 5.56 Å². The number of aryl methyl sites for hydroxylation is 2. The van der Waals surface area contributed by atoms with Crippen molar-refractivity contribution in [1.29, 1.82) is 5.26 Å². The predicted molar refractivity (Wildman–Crippen MR) is 61.7 cm³/mol. The van der Waals surface area contributed by atoms with Crippen LogP contribution in [0.1, 0.15) is 23.6 Å². The van der Waals surface area contributed by atoms with E-state index in [2.05, 4.69) is 6.07 Å². The monoisotopic (exact) mass is 201 g/mol. The number of hydrogen-bond acceptors (Lipinski definition) is 2. The number of methoxy groups -OCH3 is 1. The highest BCUT2D eigenvalue weighted by atomic mass is 16.5. The zero-order chi connectivity index (χ0) is 11.4. The van der Waals surface area contributed by atoms with Gasteiger partial charge in [0.05, 0.1) is 18.8 Å². The molecule has 0 heterocycles. The van der Waals surface area contributed by atoms with Crippen LogP contribution in [0, 0.1) is 25.2 Å². The number of benzene rings is 1. The average Bonchev–Trinajstić information content (AvgIpc) is 2.24. The lowest BCUT2D eigenvalue weighted by Crippen LogP contribution is -1.93. The second kappa shape index (κ2) is 4.65. The van der Waals surface area contributed by atoms with Crippen molar-refractivity contribution in [3.8, 4) is 11.8 Å². The number of rotatable bonds is 2. The van der Waals surface area contributed by atoms with Crippen molar-refractivity contribution < 1.29 is 4.74 Å². The van der Waals surface area contributed by atoms with E-state index in [-0.39, 0.29) is 0 Å². The quantitative estimate of drug-likeness (QED) is 0.688. The lowest BCUT2D eigenvalue weighted by Gasteiger charge is -2.10. The first-order valence-corrected chi connectivity index (χ1v) is 4.86. The molecular weight excluding hydrogens is 186 g/mol. The van der Waals surface area contributed by atoms with Gasteiger partial charge in [-0.2, -0.15) is 5.26 Å². The van der Waals surface area contributed by atoms with E-state index in [1.807, 2.05) is 32.9 Å². The molecule has 0 aliphatic carbocycles. The maximum absolute atomic E-state index is 8.99. The fourth-order valence-electron chi connectivity index (χ4n) is 1.45. The van der Waals surface area contributed by atoms with Gasteiger partial charge in [-0.3, -0.25) is 0 Å². The molecule has 1 aromatic rings. The Morgan fingerprint density at radius 1 is 1.33 bits per heavy atom. The molecule has 2 heteroatoms. The van der Waals surface area contributed by atoms with Gasteiger partial charge >= 0.3 is 0 Å². The second-order valence-electron chi connectivity index (χ2n) is 3.45. The number of nitrogens with zero attached hydrogens (tertiary/aromatic N) is 1. The Morgan fingerprint density at radius 2 is 1.93 bits per heavy atom. The summed E-state index contributed by atoms with van der Waals surface area (Å²) in [4.78, 5) is 0. The fraction of sp³-hybridized carbons (Fsp3) is 0.308. The van der Waals surface area contributed by atoms with Crippen LogP contribution in [0.2, 0.25) is 0 Å². The number of allylic oxidation sites excluding steroid dienone is 2. The molecule has 0 fully saturated rings. The van der Waals surface area contributed by atoms with Crippen LogP contribution in [-0.2, 0) is 0 Å². The average molecular weight is 201 g/mol. The minimum Gasteiger partial charge on any atom is -0.496 e. The molecule has 0 spiro atoms. The first-order chi connectivity index (χ1) is 7.13. The van der Waals surface area contributed by atoms with Crippen LogP contribution in [0.25, 0.3) is 5.57 Å². The van der Waals surface area contributed by atoms with E-state index in [4.69, 9.17) is 10.00 Å². The molecule has 0 aliphatic rings. The van der Waals surface area contributed by atoms with Crippen molar-refractivity contribution in [2.45, 2.75) is 20.8 Å². The zero-order valence-corrected chi connectivity index (χ0v) is 9.59. The van der Waals surface area contributed by atoms with E-state index >= 15 is 0 Å². The van der Waals surface area contributed by atoms with Crippen molar-refractivity contribution in [2.75, 3.05) is 7.11 Å². The van der Waals surface area contributed by atoms with Crippen LogP contribution in [0.4, 0.5) is 0 Å². The summed E-state index contributed by atoms with van der Waals surface area (Å²) in [7, 11) is 1.62. The third-order valence-electron chi connectivity index (χ3n) is 2.52. The molecule has 0 aliphatic heterocycles. The molecule has 1 rings (SSSR count). The third kappa shape index (κ3) is 2.19. The van der Waals surface area contributed by atoms with E-state index < -0.39 is 0 Å². The molecule has 0 bridgehead atoms. The molecule has 1 aromatic carbocycles. The number of nitriles is 1. The van der Waals surface area contributed by atoms with Crippen molar-refractivity contribution in [3.05, 3.63) is 34.9 Å². The van der Waals surface area contributed by atoms with Gasteiger partial charge in [-0.15, -0.1) is 0 Å². The lowest BCUT2D eigenvalue weighted by molar-refractivity contribution is 0.413. The number of ether oxygens (including phenoxy) is 1. The summed E-state index contributed by atoms with van der Waals surface area (Å²) in [6.45, 7) is 5.92. The van der Waals surface area contributed by atoms with Crippen LogP contribution >= 0.6 is 0 Å². The first kappa shape index (κ1) is 11.3. The Bertz CT molecular complexity index is 439. The molecule has 0 unspecified atom stereocenters. The Balaban J connectivity index is 3.41. The van der Waals surface area contributed by atoms with Gasteiger partial charge in [-0.25, -0.2) is 0 Å². The van der Waals surface area contributed by atoms with Crippen LogP contribution in [0.15, 0.2) is 18.2 Å². The van der Waals surface area contributed by atoms with Crippen molar-refractivity contribution >= 4 is 5.57 Å². The molecule has 0 aromatic heterocycles. The largest absolute Gasteiger partial charge is 0.496 e. The molecule has 15 heavy (non-hydrogen) atoms. The molecule has 2 nitrogen and oxygen atoms in total.